The minimum absolute atomic E-state index is 0.0202. The molecule has 4 nitrogen and oxygen atoms in total. The quantitative estimate of drug-likeness (QED) is 0.859. The molecule has 104 valence electrons. The normalized spacial score (nSPS) is 10.3. The van der Waals surface area contributed by atoms with Crippen LogP contribution in [0.5, 0.6) is 0 Å². The number of aromatic nitrogens is 2. The highest BCUT2D eigenvalue weighted by molar-refractivity contribution is 8.00. The highest BCUT2D eigenvalue weighted by Gasteiger charge is 2.05. The van der Waals surface area contributed by atoms with Gasteiger partial charge < -0.3 is 5.32 Å². The Kier molecular flexibility index (Phi) is 5.12. The number of thioether (sulfide) groups is 1. The maximum absolute atomic E-state index is 11.8. The van der Waals surface area contributed by atoms with Gasteiger partial charge in [0.25, 0.3) is 0 Å². The Morgan fingerprint density at radius 3 is 2.75 bits per heavy atom. The van der Waals surface area contributed by atoms with Gasteiger partial charge in [-0.05, 0) is 43.2 Å². The fourth-order valence-electron chi connectivity index (χ4n) is 1.74. The van der Waals surface area contributed by atoms with Crippen molar-refractivity contribution in [3.05, 3.63) is 53.6 Å². The summed E-state index contributed by atoms with van der Waals surface area (Å²) >= 11 is 1.50. The average Bonchev–Trinajstić information content (AvgIpc) is 2.45. The van der Waals surface area contributed by atoms with Crippen molar-refractivity contribution in [2.45, 2.75) is 25.3 Å². The Balaban J connectivity index is 1.80. The van der Waals surface area contributed by atoms with Gasteiger partial charge in [-0.25, -0.2) is 0 Å². The molecule has 0 unspecified atom stereocenters. The van der Waals surface area contributed by atoms with Gasteiger partial charge in [0.1, 0.15) is 0 Å². The molecule has 1 N–H and O–H groups in total. The first-order valence-corrected chi connectivity index (χ1v) is 7.35. The van der Waals surface area contributed by atoms with Crippen LogP contribution in [-0.2, 0) is 11.3 Å². The molecule has 0 fully saturated rings. The second-order valence-corrected chi connectivity index (χ2v) is 5.55. The molecule has 2 aromatic rings. The Labute approximate surface area is 123 Å². The zero-order valence-electron chi connectivity index (χ0n) is 11.6. The van der Waals surface area contributed by atoms with E-state index in [1.54, 1.807) is 12.4 Å². The van der Waals surface area contributed by atoms with Crippen LogP contribution in [0.2, 0.25) is 0 Å². The molecule has 0 saturated heterocycles. The fraction of sp³-hybridized carbons (Fsp3) is 0.267. The predicted octanol–water partition coefficient (Wildman–Crippen LogP) is 2.50. The van der Waals surface area contributed by atoms with Gasteiger partial charge in [-0.15, -0.1) is 11.8 Å². The van der Waals surface area contributed by atoms with E-state index in [4.69, 9.17) is 0 Å². The Morgan fingerprint density at radius 1 is 1.30 bits per heavy atom. The van der Waals surface area contributed by atoms with E-state index in [9.17, 15) is 4.79 Å². The SMILES string of the molecule is Cc1cc(C)c(CNC(=O)CSc2ccncc2)cn1. The summed E-state index contributed by atoms with van der Waals surface area (Å²) in [5.74, 6) is 0.425. The number of amides is 1. The lowest BCUT2D eigenvalue weighted by atomic mass is 10.1. The number of pyridine rings is 2. The van der Waals surface area contributed by atoms with Crippen molar-refractivity contribution in [1.29, 1.82) is 0 Å². The van der Waals surface area contributed by atoms with E-state index in [1.165, 1.54) is 11.8 Å². The first-order valence-electron chi connectivity index (χ1n) is 6.37. The molecule has 0 saturated carbocycles. The van der Waals surface area contributed by atoms with E-state index >= 15 is 0 Å². The molecule has 0 radical (unpaired) electrons. The van der Waals surface area contributed by atoms with Crippen molar-refractivity contribution in [1.82, 2.24) is 15.3 Å². The Morgan fingerprint density at radius 2 is 2.05 bits per heavy atom. The average molecular weight is 287 g/mol. The summed E-state index contributed by atoms with van der Waals surface area (Å²) in [6.07, 6.45) is 5.27. The topological polar surface area (TPSA) is 54.9 Å². The first-order chi connectivity index (χ1) is 9.65. The lowest BCUT2D eigenvalue weighted by molar-refractivity contribution is -0.118. The number of rotatable bonds is 5. The molecule has 0 aliphatic rings. The maximum Gasteiger partial charge on any atom is 0.230 e. The number of carbonyl (C=O) groups excluding carboxylic acids is 1. The van der Waals surface area contributed by atoms with E-state index in [0.717, 1.165) is 21.7 Å². The fourth-order valence-corrected chi connectivity index (χ4v) is 2.45. The monoisotopic (exact) mass is 287 g/mol. The third-order valence-electron chi connectivity index (χ3n) is 2.85. The van der Waals surface area contributed by atoms with Gasteiger partial charge in [-0.1, -0.05) is 0 Å². The molecule has 0 bridgehead atoms. The predicted molar refractivity (Wildman–Crippen MR) is 80.5 cm³/mol. The van der Waals surface area contributed by atoms with Crippen molar-refractivity contribution in [2.75, 3.05) is 5.75 Å². The zero-order chi connectivity index (χ0) is 14.4. The molecule has 0 spiro atoms. The van der Waals surface area contributed by atoms with Crippen molar-refractivity contribution >= 4 is 17.7 Å². The molecule has 5 heteroatoms. The van der Waals surface area contributed by atoms with Crippen LogP contribution >= 0.6 is 11.8 Å². The number of nitrogens with zero attached hydrogens (tertiary/aromatic N) is 2. The lowest BCUT2D eigenvalue weighted by Gasteiger charge is -2.08. The highest BCUT2D eigenvalue weighted by atomic mass is 32.2. The largest absolute Gasteiger partial charge is 0.351 e. The molecule has 20 heavy (non-hydrogen) atoms. The second kappa shape index (κ2) is 7.05. The molecule has 0 atom stereocenters. The zero-order valence-corrected chi connectivity index (χ0v) is 12.4. The summed E-state index contributed by atoms with van der Waals surface area (Å²) in [6, 6.07) is 5.81. The first kappa shape index (κ1) is 14.5. The van der Waals surface area contributed by atoms with Crippen LogP contribution in [0.4, 0.5) is 0 Å². The van der Waals surface area contributed by atoms with Gasteiger partial charge in [0.15, 0.2) is 0 Å². The molecule has 1 amide bonds. The number of carbonyl (C=O) groups is 1. The number of hydrogen-bond acceptors (Lipinski definition) is 4. The third kappa shape index (κ3) is 4.35. The second-order valence-electron chi connectivity index (χ2n) is 4.50. The molecular formula is C15H17N3OS. The molecule has 0 aromatic carbocycles. The summed E-state index contributed by atoms with van der Waals surface area (Å²) in [6.45, 7) is 4.51. The summed E-state index contributed by atoms with van der Waals surface area (Å²) in [5, 5.41) is 2.91. The van der Waals surface area contributed by atoms with Gasteiger partial charge in [-0.2, -0.15) is 0 Å². The van der Waals surface area contributed by atoms with E-state index in [1.807, 2.05) is 38.2 Å². The van der Waals surface area contributed by atoms with E-state index < -0.39 is 0 Å². The van der Waals surface area contributed by atoms with Gasteiger partial charge in [-0.3, -0.25) is 14.8 Å². The van der Waals surface area contributed by atoms with Crippen LogP contribution in [0, 0.1) is 13.8 Å². The number of nitrogens with one attached hydrogen (secondary N) is 1. The van der Waals surface area contributed by atoms with Crippen LogP contribution in [-0.4, -0.2) is 21.6 Å². The van der Waals surface area contributed by atoms with Crippen LogP contribution < -0.4 is 5.32 Å². The van der Waals surface area contributed by atoms with Crippen molar-refractivity contribution in [3.63, 3.8) is 0 Å². The van der Waals surface area contributed by atoms with Crippen LogP contribution in [0.3, 0.4) is 0 Å². The van der Waals surface area contributed by atoms with Crippen molar-refractivity contribution < 1.29 is 4.79 Å². The standard InChI is InChI=1S/C15H17N3OS/c1-11-7-12(2)17-8-13(11)9-18-15(19)10-20-14-3-5-16-6-4-14/h3-8H,9-10H2,1-2H3,(H,18,19). The molecule has 2 aromatic heterocycles. The Bertz CT molecular complexity index is 587. The summed E-state index contributed by atoms with van der Waals surface area (Å²) < 4.78 is 0. The van der Waals surface area contributed by atoms with Crippen molar-refractivity contribution in [3.8, 4) is 0 Å². The minimum Gasteiger partial charge on any atom is -0.351 e. The highest BCUT2D eigenvalue weighted by Crippen LogP contribution is 2.15. The maximum atomic E-state index is 11.8. The van der Waals surface area contributed by atoms with E-state index in [0.29, 0.717) is 12.3 Å². The molecule has 2 rings (SSSR count). The van der Waals surface area contributed by atoms with Gasteiger partial charge in [0.05, 0.1) is 5.75 Å². The van der Waals surface area contributed by atoms with Crippen LogP contribution in [0.1, 0.15) is 16.8 Å². The van der Waals surface area contributed by atoms with E-state index in [2.05, 4.69) is 15.3 Å². The Hall–Kier alpha value is -1.88. The summed E-state index contributed by atoms with van der Waals surface area (Å²) in [7, 11) is 0. The van der Waals surface area contributed by atoms with Crippen LogP contribution in [0.15, 0.2) is 41.7 Å². The molecular weight excluding hydrogens is 270 g/mol. The number of aryl methyl sites for hydroxylation is 2. The summed E-state index contributed by atoms with van der Waals surface area (Å²) in [5.41, 5.74) is 3.20. The molecule has 0 aliphatic heterocycles. The molecule has 0 aliphatic carbocycles. The lowest BCUT2D eigenvalue weighted by Crippen LogP contribution is -2.25. The van der Waals surface area contributed by atoms with Crippen LogP contribution in [0.25, 0.3) is 0 Å². The smallest absolute Gasteiger partial charge is 0.230 e. The molecule has 2 heterocycles. The summed E-state index contributed by atoms with van der Waals surface area (Å²) in [4.78, 5) is 21.0. The number of hydrogen-bond donors (Lipinski definition) is 1. The minimum atomic E-state index is 0.0202. The van der Waals surface area contributed by atoms with Gasteiger partial charge in [0, 0.05) is 35.7 Å². The van der Waals surface area contributed by atoms with E-state index in [-0.39, 0.29) is 5.91 Å². The van der Waals surface area contributed by atoms with Crippen molar-refractivity contribution in [2.24, 2.45) is 0 Å². The van der Waals surface area contributed by atoms with Gasteiger partial charge in [0.2, 0.25) is 5.91 Å². The third-order valence-corrected chi connectivity index (χ3v) is 3.86. The van der Waals surface area contributed by atoms with Gasteiger partial charge >= 0.3 is 0 Å².